The van der Waals surface area contributed by atoms with E-state index >= 15 is 0 Å². The van der Waals surface area contributed by atoms with Gasteiger partial charge in [-0.3, -0.25) is 14.5 Å². The molecule has 214 valence electrons. The Balaban J connectivity index is 1.84. The Morgan fingerprint density at radius 1 is 1.23 bits per heavy atom. The van der Waals surface area contributed by atoms with Crippen LogP contribution in [0.5, 0.6) is 5.75 Å². The molecule has 12 heteroatoms. The Hall–Kier alpha value is -2.53. The van der Waals surface area contributed by atoms with E-state index in [1.54, 1.807) is 24.0 Å². The van der Waals surface area contributed by atoms with E-state index < -0.39 is 36.9 Å². The van der Waals surface area contributed by atoms with Gasteiger partial charge in [0.05, 0.1) is 34.7 Å². The summed E-state index contributed by atoms with van der Waals surface area (Å²) in [6.07, 6.45) is -6.79. The molecule has 39 heavy (non-hydrogen) atoms. The Kier molecular flexibility index (Phi) is 10.5. The first-order valence-corrected chi connectivity index (χ1v) is 13.2. The van der Waals surface area contributed by atoms with E-state index in [0.717, 1.165) is 5.56 Å². The van der Waals surface area contributed by atoms with E-state index in [0.29, 0.717) is 29.7 Å². The highest BCUT2D eigenvalue weighted by molar-refractivity contribution is 6.42. The lowest BCUT2D eigenvalue weighted by Gasteiger charge is -2.38. The first kappa shape index (κ1) is 31.0. The zero-order valence-corrected chi connectivity index (χ0v) is 23.4. The molecule has 0 unspecified atom stereocenters. The third-order valence-corrected chi connectivity index (χ3v) is 7.25. The Morgan fingerprint density at radius 3 is 2.59 bits per heavy atom. The van der Waals surface area contributed by atoms with Crippen molar-refractivity contribution in [2.75, 3.05) is 32.1 Å². The number of carbonyl (C=O) groups is 2. The molecule has 3 rings (SSSR count). The molecule has 0 radical (unpaired) electrons. The maximum Gasteiger partial charge on any atom is 0.389 e. The molecule has 0 fully saturated rings. The number of hydrogen-bond donors (Lipinski definition) is 2. The predicted octanol–water partition coefficient (Wildman–Crippen LogP) is 5.63. The number of likely N-dealkylation sites (N-methyl/N-ethyl adjacent to an activating group) is 1. The standard InChI is InChI=1S/C27H32Cl2F3N3O4/c1-16-12-35(17(2)15-36)26(38)20-11-19(33-25(37)8-9-27(30,31)32)5-7-23(20)39-24(16)14-34(3)13-18-4-6-21(28)22(29)10-18/h4-7,10-11,16-17,24,36H,8-9,12-15H2,1-3H3,(H,33,37)/t16-,17-,24+/m0/s1. The number of amides is 2. The Morgan fingerprint density at radius 2 is 1.95 bits per heavy atom. The minimum absolute atomic E-state index is 0.117. The summed E-state index contributed by atoms with van der Waals surface area (Å²) >= 11 is 12.2. The average Bonchev–Trinajstić information content (AvgIpc) is 2.86. The van der Waals surface area contributed by atoms with Gasteiger partial charge >= 0.3 is 6.18 Å². The first-order valence-electron chi connectivity index (χ1n) is 12.5. The Bertz CT molecular complexity index is 1180. The fourth-order valence-corrected chi connectivity index (χ4v) is 4.64. The van der Waals surface area contributed by atoms with E-state index in [2.05, 4.69) is 10.2 Å². The van der Waals surface area contributed by atoms with Crippen molar-refractivity contribution in [2.45, 2.75) is 51.6 Å². The molecule has 2 amide bonds. The van der Waals surface area contributed by atoms with Crippen molar-refractivity contribution in [1.29, 1.82) is 0 Å². The summed E-state index contributed by atoms with van der Waals surface area (Å²) in [4.78, 5) is 29.2. The zero-order valence-electron chi connectivity index (χ0n) is 21.9. The van der Waals surface area contributed by atoms with Crippen LogP contribution in [0.15, 0.2) is 36.4 Å². The van der Waals surface area contributed by atoms with Crippen LogP contribution >= 0.6 is 23.2 Å². The van der Waals surface area contributed by atoms with Gasteiger partial charge in [0.15, 0.2) is 0 Å². The molecule has 1 aliphatic heterocycles. The summed E-state index contributed by atoms with van der Waals surface area (Å²) in [5.74, 6) is -1.06. The van der Waals surface area contributed by atoms with Crippen LogP contribution in [-0.2, 0) is 11.3 Å². The average molecular weight is 590 g/mol. The van der Waals surface area contributed by atoms with Crippen molar-refractivity contribution in [1.82, 2.24) is 9.80 Å². The van der Waals surface area contributed by atoms with Crippen LogP contribution < -0.4 is 10.1 Å². The molecule has 0 saturated heterocycles. The molecule has 1 aliphatic rings. The molecular formula is C27H32Cl2F3N3O4. The van der Waals surface area contributed by atoms with Crippen LogP contribution in [0, 0.1) is 5.92 Å². The van der Waals surface area contributed by atoms with E-state index in [1.165, 1.54) is 18.2 Å². The molecule has 2 N–H and O–H groups in total. The largest absolute Gasteiger partial charge is 0.488 e. The van der Waals surface area contributed by atoms with Crippen LogP contribution in [-0.4, -0.2) is 71.8 Å². The maximum absolute atomic E-state index is 13.5. The van der Waals surface area contributed by atoms with Gasteiger partial charge in [-0.05, 0) is 49.9 Å². The highest BCUT2D eigenvalue weighted by Crippen LogP contribution is 2.31. The van der Waals surface area contributed by atoms with Gasteiger partial charge in [0.25, 0.3) is 5.91 Å². The number of anilines is 1. The molecule has 3 atom stereocenters. The molecule has 2 aromatic rings. The number of alkyl halides is 3. The fourth-order valence-electron chi connectivity index (χ4n) is 4.32. The van der Waals surface area contributed by atoms with E-state index in [-0.39, 0.29) is 35.6 Å². The number of ether oxygens (including phenoxy) is 1. The number of halogens is 5. The summed E-state index contributed by atoms with van der Waals surface area (Å²) in [6.45, 7) is 4.78. The van der Waals surface area contributed by atoms with Gasteiger partial charge in [-0.25, -0.2) is 0 Å². The zero-order chi connectivity index (χ0) is 28.9. The SMILES string of the molecule is C[C@H]1CN([C@@H](C)CO)C(=O)c2cc(NC(=O)CCC(F)(F)F)ccc2O[C@@H]1CN(C)Cc1ccc(Cl)c(Cl)c1. The third kappa shape index (κ3) is 8.73. The second-order valence-corrected chi connectivity index (χ2v) is 10.8. The number of fused-ring (bicyclic) bond motifs is 1. The van der Waals surface area contributed by atoms with Crippen molar-refractivity contribution in [3.63, 3.8) is 0 Å². The van der Waals surface area contributed by atoms with Gasteiger partial charge in [0, 0.05) is 37.7 Å². The predicted molar refractivity (Wildman–Crippen MR) is 144 cm³/mol. The summed E-state index contributed by atoms with van der Waals surface area (Å²) in [7, 11) is 1.93. The van der Waals surface area contributed by atoms with Crippen LogP contribution in [0.2, 0.25) is 10.0 Å². The molecule has 0 spiro atoms. The number of hydrogen-bond acceptors (Lipinski definition) is 5. The van der Waals surface area contributed by atoms with Crippen LogP contribution in [0.4, 0.5) is 18.9 Å². The molecule has 1 heterocycles. The molecule has 2 aromatic carbocycles. The summed E-state index contributed by atoms with van der Waals surface area (Å²) in [5.41, 5.74) is 1.28. The molecule has 0 aromatic heterocycles. The van der Waals surface area contributed by atoms with E-state index in [1.807, 2.05) is 20.0 Å². The fraction of sp³-hybridized carbons (Fsp3) is 0.481. The summed E-state index contributed by atoms with van der Waals surface area (Å²) in [5, 5.41) is 13.2. The lowest BCUT2D eigenvalue weighted by Crippen LogP contribution is -2.49. The first-order chi connectivity index (χ1) is 18.3. The normalized spacial score (nSPS) is 18.7. The lowest BCUT2D eigenvalue weighted by molar-refractivity contribution is -0.142. The topological polar surface area (TPSA) is 82.1 Å². The summed E-state index contributed by atoms with van der Waals surface area (Å²) in [6, 6.07) is 9.33. The minimum atomic E-state index is -4.45. The maximum atomic E-state index is 13.5. The monoisotopic (exact) mass is 589 g/mol. The minimum Gasteiger partial charge on any atom is -0.488 e. The van der Waals surface area contributed by atoms with E-state index in [4.69, 9.17) is 27.9 Å². The van der Waals surface area contributed by atoms with Crippen LogP contribution in [0.3, 0.4) is 0 Å². The number of rotatable bonds is 9. The Labute approximate surface area is 235 Å². The van der Waals surface area contributed by atoms with Gasteiger partial charge in [-0.15, -0.1) is 0 Å². The third-order valence-electron chi connectivity index (χ3n) is 6.51. The second-order valence-electron chi connectivity index (χ2n) is 9.94. The van der Waals surface area contributed by atoms with Gasteiger partial charge in [0.1, 0.15) is 11.9 Å². The van der Waals surface area contributed by atoms with Crippen molar-refractivity contribution in [3.8, 4) is 5.75 Å². The number of nitrogens with one attached hydrogen (secondary N) is 1. The summed E-state index contributed by atoms with van der Waals surface area (Å²) < 4.78 is 43.8. The molecule has 7 nitrogen and oxygen atoms in total. The number of benzene rings is 2. The number of aliphatic hydroxyl groups is 1. The number of nitrogens with zero attached hydrogens (tertiary/aromatic N) is 2. The van der Waals surface area contributed by atoms with E-state index in [9.17, 15) is 27.9 Å². The van der Waals surface area contributed by atoms with Crippen LogP contribution in [0.25, 0.3) is 0 Å². The number of carbonyl (C=O) groups excluding carboxylic acids is 2. The molecule has 0 saturated carbocycles. The van der Waals surface area contributed by atoms with Gasteiger partial charge in [-0.2, -0.15) is 13.2 Å². The number of aliphatic hydroxyl groups excluding tert-OH is 1. The molecule has 0 bridgehead atoms. The van der Waals surface area contributed by atoms with Gasteiger partial charge < -0.3 is 20.1 Å². The highest BCUT2D eigenvalue weighted by atomic mass is 35.5. The molecular weight excluding hydrogens is 558 g/mol. The smallest absolute Gasteiger partial charge is 0.389 e. The van der Waals surface area contributed by atoms with Crippen molar-refractivity contribution >= 4 is 40.7 Å². The molecule has 0 aliphatic carbocycles. The van der Waals surface area contributed by atoms with Crippen LogP contribution in [0.1, 0.15) is 42.6 Å². The van der Waals surface area contributed by atoms with Gasteiger partial charge in [0.2, 0.25) is 5.91 Å². The lowest BCUT2D eigenvalue weighted by atomic mass is 9.99. The quantitative estimate of drug-likeness (QED) is 0.396. The van der Waals surface area contributed by atoms with Crippen molar-refractivity contribution in [3.05, 3.63) is 57.6 Å². The highest BCUT2D eigenvalue weighted by Gasteiger charge is 2.34. The van der Waals surface area contributed by atoms with Gasteiger partial charge in [-0.1, -0.05) is 36.2 Å². The van der Waals surface area contributed by atoms with Crippen molar-refractivity contribution < 1.29 is 32.6 Å². The second kappa shape index (κ2) is 13.2. The van der Waals surface area contributed by atoms with Crippen molar-refractivity contribution in [2.24, 2.45) is 5.92 Å².